The summed E-state index contributed by atoms with van der Waals surface area (Å²) in [5, 5.41) is 0. The number of allylic oxidation sites excluding steroid dienone is 2. The molecule has 0 aromatic rings. The Bertz CT molecular complexity index is 663. The maximum Gasteiger partial charge on any atom is 0.312 e. The molecule has 2 heterocycles. The van der Waals surface area contributed by atoms with Gasteiger partial charge in [0.15, 0.2) is 0 Å². The first-order chi connectivity index (χ1) is 14.7. The van der Waals surface area contributed by atoms with E-state index in [4.69, 9.17) is 18.9 Å². The largest absolute Gasteiger partial charge is 0.436 e. The highest BCUT2D eigenvalue weighted by Gasteiger charge is 2.68. The maximum absolute atomic E-state index is 13.3. The van der Waals surface area contributed by atoms with Gasteiger partial charge in [-0.2, -0.15) is 0 Å². The molecule has 6 nitrogen and oxygen atoms in total. The minimum absolute atomic E-state index is 0.223. The molecule has 0 aromatic heterocycles. The highest BCUT2D eigenvalue weighted by Crippen LogP contribution is 2.69. The Labute approximate surface area is 177 Å². The molecule has 2 saturated heterocycles. The van der Waals surface area contributed by atoms with Crippen molar-refractivity contribution in [2.24, 2.45) is 47.3 Å². The number of ether oxygens (including phenoxy) is 4. The number of fused-ring (bicyclic) bond motifs is 9. The Hall–Kier alpha value is -1.40. The molecule has 0 spiro atoms. The summed E-state index contributed by atoms with van der Waals surface area (Å²) in [5.74, 6) is 1.33. The summed E-state index contributed by atoms with van der Waals surface area (Å²) in [7, 11) is 0. The average Bonchev–Trinajstić information content (AvgIpc) is 3.53. The first kappa shape index (κ1) is 19.3. The fourth-order valence-electron chi connectivity index (χ4n) is 7.70. The summed E-state index contributed by atoms with van der Waals surface area (Å²) in [6.45, 7) is 1.27. The molecule has 164 valence electrons. The molecule has 0 amide bonds. The van der Waals surface area contributed by atoms with Crippen molar-refractivity contribution in [3.8, 4) is 0 Å². The molecular formula is C24H32O6. The molecule has 0 N–H and O–H groups in total. The van der Waals surface area contributed by atoms with Crippen LogP contribution < -0.4 is 0 Å². The van der Waals surface area contributed by atoms with E-state index in [0.717, 1.165) is 44.9 Å². The summed E-state index contributed by atoms with van der Waals surface area (Å²) in [4.78, 5) is 26.7. The molecule has 6 heteroatoms. The zero-order chi connectivity index (χ0) is 20.2. The second kappa shape index (κ2) is 7.63. The smallest absolute Gasteiger partial charge is 0.312 e. The first-order valence-corrected chi connectivity index (χ1v) is 12.0. The number of hydrogen-bond donors (Lipinski definition) is 0. The van der Waals surface area contributed by atoms with Crippen molar-refractivity contribution in [1.82, 2.24) is 0 Å². The van der Waals surface area contributed by atoms with Crippen LogP contribution in [-0.4, -0.2) is 37.7 Å². The van der Waals surface area contributed by atoms with Crippen molar-refractivity contribution in [3.63, 3.8) is 0 Å². The van der Waals surface area contributed by atoms with Crippen LogP contribution in [0.5, 0.6) is 0 Å². The van der Waals surface area contributed by atoms with Gasteiger partial charge in [0.1, 0.15) is 0 Å². The second-order valence-electron chi connectivity index (χ2n) is 10.2. The van der Waals surface area contributed by atoms with Gasteiger partial charge in [-0.05, 0) is 74.0 Å². The molecule has 4 aliphatic carbocycles. The molecule has 6 aliphatic rings. The third kappa shape index (κ3) is 3.05. The minimum Gasteiger partial charge on any atom is -0.436 e. The predicted octanol–water partition coefficient (Wildman–Crippen LogP) is 3.45. The van der Waals surface area contributed by atoms with Gasteiger partial charge in [0.2, 0.25) is 12.6 Å². The summed E-state index contributed by atoms with van der Waals surface area (Å²) < 4.78 is 22.9. The van der Waals surface area contributed by atoms with Gasteiger partial charge in [-0.25, -0.2) is 0 Å². The standard InChI is InChI=1S/C24H32O6/c25-23(29-17-5-1-3-9-27-17)21-15-12-16(20-14-8-7-13(11-14)19(15)20)22(21)24(26)30-18-6-2-4-10-28-18/h7-8,13-22H,1-6,9-12H2. The van der Waals surface area contributed by atoms with E-state index in [1.54, 1.807) is 0 Å². The molecule has 3 saturated carbocycles. The van der Waals surface area contributed by atoms with E-state index < -0.39 is 24.4 Å². The van der Waals surface area contributed by atoms with Crippen molar-refractivity contribution in [2.75, 3.05) is 13.2 Å². The van der Waals surface area contributed by atoms with Gasteiger partial charge in [-0.1, -0.05) is 12.2 Å². The van der Waals surface area contributed by atoms with E-state index in [9.17, 15) is 9.59 Å². The van der Waals surface area contributed by atoms with Crippen molar-refractivity contribution < 1.29 is 28.5 Å². The normalized spacial score (nSPS) is 48.5. The molecule has 10 unspecified atom stereocenters. The zero-order valence-electron chi connectivity index (χ0n) is 17.4. The van der Waals surface area contributed by atoms with Crippen LogP contribution in [0.4, 0.5) is 0 Å². The van der Waals surface area contributed by atoms with Crippen molar-refractivity contribution in [2.45, 2.75) is 63.9 Å². The summed E-state index contributed by atoms with van der Waals surface area (Å²) in [5.41, 5.74) is 0. The second-order valence-corrected chi connectivity index (χ2v) is 10.2. The SMILES string of the molecule is O=C(OC1CCCCO1)C1C2CC(C1C(=O)OC1CCCCO1)C1C3C=CC(C3)C21. The zero-order valence-corrected chi connectivity index (χ0v) is 17.4. The van der Waals surface area contributed by atoms with Gasteiger partial charge < -0.3 is 18.9 Å². The van der Waals surface area contributed by atoms with Crippen molar-refractivity contribution >= 4 is 11.9 Å². The van der Waals surface area contributed by atoms with Crippen LogP contribution in [0.1, 0.15) is 51.4 Å². The lowest BCUT2D eigenvalue weighted by molar-refractivity contribution is -0.206. The molecule has 6 rings (SSSR count). The van der Waals surface area contributed by atoms with Gasteiger partial charge in [0, 0.05) is 12.8 Å². The highest BCUT2D eigenvalue weighted by atomic mass is 16.7. The highest BCUT2D eigenvalue weighted by molar-refractivity contribution is 5.84. The number of carbonyl (C=O) groups excluding carboxylic acids is 2. The van der Waals surface area contributed by atoms with E-state index in [2.05, 4.69) is 12.2 Å². The quantitative estimate of drug-likeness (QED) is 0.397. The van der Waals surface area contributed by atoms with E-state index >= 15 is 0 Å². The monoisotopic (exact) mass is 416 g/mol. The summed E-state index contributed by atoms with van der Waals surface area (Å²) in [6.07, 6.45) is 11.5. The lowest BCUT2D eigenvalue weighted by Crippen LogP contribution is -2.46. The van der Waals surface area contributed by atoms with Crippen LogP contribution in [0.15, 0.2) is 12.2 Å². The molecule has 10 atom stereocenters. The van der Waals surface area contributed by atoms with Gasteiger partial charge in [-0.3, -0.25) is 9.59 Å². The minimum atomic E-state index is -0.459. The van der Waals surface area contributed by atoms with Crippen LogP contribution in [0.2, 0.25) is 0 Å². The average molecular weight is 417 g/mol. The van der Waals surface area contributed by atoms with Crippen LogP contribution in [0.3, 0.4) is 0 Å². The molecule has 0 radical (unpaired) electrons. The third-order valence-corrected chi connectivity index (χ3v) is 8.74. The van der Waals surface area contributed by atoms with Crippen LogP contribution in [0, 0.1) is 47.3 Å². The first-order valence-electron chi connectivity index (χ1n) is 12.0. The third-order valence-electron chi connectivity index (χ3n) is 8.74. The topological polar surface area (TPSA) is 71.1 Å². The number of carbonyl (C=O) groups is 2. The van der Waals surface area contributed by atoms with E-state index in [-0.39, 0.29) is 23.8 Å². The number of rotatable bonds is 4. The van der Waals surface area contributed by atoms with Gasteiger partial charge in [0.05, 0.1) is 25.0 Å². The van der Waals surface area contributed by atoms with Crippen molar-refractivity contribution in [1.29, 1.82) is 0 Å². The molecule has 0 aromatic carbocycles. The molecule has 30 heavy (non-hydrogen) atoms. The Morgan fingerprint density at radius 2 is 1.20 bits per heavy atom. The lowest BCUT2D eigenvalue weighted by atomic mass is 9.65. The molecule has 4 bridgehead atoms. The van der Waals surface area contributed by atoms with E-state index in [1.165, 1.54) is 6.42 Å². The fraction of sp³-hybridized carbons (Fsp3) is 0.833. The van der Waals surface area contributed by atoms with Gasteiger partial charge in [-0.15, -0.1) is 0 Å². The predicted molar refractivity (Wildman–Crippen MR) is 106 cm³/mol. The Morgan fingerprint density at radius 1 is 0.700 bits per heavy atom. The van der Waals surface area contributed by atoms with Crippen LogP contribution >= 0.6 is 0 Å². The van der Waals surface area contributed by atoms with E-state index in [1.807, 2.05) is 0 Å². The number of esters is 2. The summed E-state index contributed by atoms with van der Waals surface area (Å²) >= 11 is 0. The fourth-order valence-corrected chi connectivity index (χ4v) is 7.70. The Morgan fingerprint density at radius 3 is 1.63 bits per heavy atom. The summed E-state index contributed by atoms with van der Waals surface area (Å²) in [6, 6.07) is 0. The van der Waals surface area contributed by atoms with Crippen molar-refractivity contribution in [3.05, 3.63) is 12.2 Å². The van der Waals surface area contributed by atoms with Crippen LogP contribution in [-0.2, 0) is 28.5 Å². The van der Waals surface area contributed by atoms with Crippen LogP contribution in [0.25, 0.3) is 0 Å². The molecule has 2 aliphatic heterocycles. The Balaban J connectivity index is 1.23. The Kier molecular flexibility index (Phi) is 4.91. The molecular weight excluding hydrogens is 384 g/mol. The maximum atomic E-state index is 13.3. The van der Waals surface area contributed by atoms with Gasteiger partial charge >= 0.3 is 11.9 Å². The van der Waals surface area contributed by atoms with Gasteiger partial charge in [0.25, 0.3) is 0 Å². The van der Waals surface area contributed by atoms with E-state index in [0.29, 0.717) is 36.9 Å². The number of hydrogen-bond acceptors (Lipinski definition) is 6. The molecule has 5 fully saturated rings. The lowest BCUT2D eigenvalue weighted by Gasteiger charge is -2.40.